The number of methoxy groups -OCH3 is 1. The first kappa shape index (κ1) is 11.5. The van der Waals surface area contributed by atoms with Crippen molar-refractivity contribution in [3.63, 3.8) is 0 Å². The Labute approximate surface area is 101 Å². The van der Waals surface area contributed by atoms with Crippen molar-refractivity contribution in [2.75, 3.05) is 7.11 Å². The van der Waals surface area contributed by atoms with Gasteiger partial charge in [0.15, 0.2) is 5.69 Å². The number of ether oxygens (including phenoxy) is 1. The Morgan fingerprint density at radius 2 is 2.18 bits per heavy atom. The molecule has 0 N–H and O–H groups in total. The van der Waals surface area contributed by atoms with Crippen LogP contribution in [0.4, 0.5) is 0 Å². The largest absolute Gasteiger partial charge is 0.464 e. The van der Waals surface area contributed by atoms with Gasteiger partial charge in [-0.1, -0.05) is 0 Å². The maximum atomic E-state index is 11.1. The van der Waals surface area contributed by atoms with E-state index in [4.69, 9.17) is 4.42 Å². The van der Waals surface area contributed by atoms with Crippen LogP contribution < -0.4 is 0 Å². The number of hydrogen-bond acceptors (Lipinski definition) is 8. The van der Waals surface area contributed by atoms with Crippen molar-refractivity contribution < 1.29 is 13.9 Å². The van der Waals surface area contributed by atoms with Crippen molar-refractivity contribution in [3.8, 4) is 0 Å². The van der Waals surface area contributed by atoms with Crippen LogP contribution in [0.3, 0.4) is 0 Å². The van der Waals surface area contributed by atoms with Crippen LogP contribution in [0.2, 0.25) is 0 Å². The summed E-state index contributed by atoms with van der Waals surface area (Å²) in [5.74, 6) is -0.0469. The number of aryl methyl sites for hydroxylation is 1. The maximum absolute atomic E-state index is 11.1. The molecule has 0 aliphatic rings. The molecule has 0 spiro atoms. The summed E-state index contributed by atoms with van der Waals surface area (Å²) >= 11 is 1.17. The quantitative estimate of drug-likeness (QED) is 0.750. The Bertz CT molecular complexity index is 525. The lowest BCUT2D eigenvalue weighted by molar-refractivity contribution is 0.0593. The van der Waals surface area contributed by atoms with E-state index in [0.717, 1.165) is 0 Å². The van der Waals surface area contributed by atoms with E-state index in [1.807, 2.05) is 0 Å². The Balaban J connectivity index is 2.10. The Morgan fingerprint density at radius 1 is 1.35 bits per heavy atom. The molecule has 0 radical (unpaired) electrons. The van der Waals surface area contributed by atoms with Gasteiger partial charge in [0, 0.05) is 6.92 Å². The normalized spacial score (nSPS) is 10.2. The highest BCUT2D eigenvalue weighted by Crippen LogP contribution is 2.23. The fourth-order valence-electron chi connectivity index (χ4n) is 0.988. The first-order valence-electron chi connectivity index (χ1n) is 4.57. The summed E-state index contributed by atoms with van der Waals surface area (Å²) in [6.45, 7) is 1.70. The van der Waals surface area contributed by atoms with Crippen molar-refractivity contribution in [1.82, 2.24) is 20.2 Å². The van der Waals surface area contributed by atoms with Crippen LogP contribution in [0, 0.1) is 6.92 Å². The summed E-state index contributed by atoms with van der Waals surface area (Å²) in [6.07, 6.45) is 2.77. The molecule has 0 aliphatic carbocycles. The second-order valence-corrected chi connectivity index (χ2v) is 3.89. The average molecular weight is 252 g/mol. The standard InChI is InChI=1S/C9H8N4O3S/c1-5-12-13-9(16-5)17-7-4-10-6(3-11-7)8(14)15-2/h3-4H,1-2H3. The maximum Gasteiger partial charge on any atom is 0.358 e. The number of carbonyl (C=O) groups excluding carboxylic acids is 1. The fraction of sp³-hybridized carbons (Fsp3) is 0.222. The summed E-state index contributed by atoms with van der Waals surface area (Å²) < 4.78 is 9.68. The molecule has 0 saturated carbocycles. The van der Waals surface area contributed by atoms with E-state index in [1.54, 1.807) is 6.92 Å². The molecule has 0 unspecified atom stereocenters. The first-order chi connectivity index (χ1) is 8.19. The van der Waals surface area contributed by atoms with E-state index in [9.17, 15) is 4.79 Å². The van der Waals surface area contributed by atoms with Gasteiger partial charge in [-0.3, -0.25) is 0 Å². The predicted molar refractivity (Wildman–Crippen MR) is 56.5 cm³/mol. The zero-order valence-corrected chi connectivity index (χ0v) is 9.89. The molecule has 0 bridgehead atoms. The molecule has 0 saturated heterocycles. The molecular formula is C9H8N4O3S. The predicted octanol–water partition coefficient (Wildman–Crippen LogP) is 1.11. The van der Waals surface area contributed by atoms with E-state index < -0.39 is 5.97 Å². The molecular weight excluding hydrogens is 244 g/mol. The van der Waals surface area contributed by atoms with Gasteiger partial charge in [-0.15, -0.1) is 10.2 Å². The topological polar surface area (TPSA) is 91.0 Å². The van der Waals surface area contributed by atoms with Gasteiger partial charge >= 0.3 is 5.97 Å². The van der Waals surface area contributed by atoms with Gasteiger partial charge in [0.1, 0.15) is 5.03 Å². The summed E-state index contributed by atoms with van der Waals surface area (Å²) in [7, 11) is 1.29. The third-order valence-electron chi connectivity index (χ3n) is 1.72. The number of nitrogens with zero attached hydrogens (tertiary/aromatic N) is 4. The number of rotatable bonds is 3. The van der Waals surface area contributed by atoms with Crippen molar-refractivity contribution >= 4 is 17.7 Å². The number of hydrogen-bond donors (Lipinski definition) is 0. The Morgan fingerprint density at radius 3 is 2.71 bits per heavy atom. The lowest BCUT2D eigenvalue weighted by Gasteiger charge is -1.98. The highest BCUT2D eigenvalue weighted by Gasteiger charge is 2.10. The molecule has 2 heterocycles. The van der Waals surface area contributed by atoms with Crippen molar-refractivity contribution in [3.05, 3.63) is 24.0 Å². The number of esters is 1. The highest BCUT2D eigenvalue weighted by atomic mass is 32.2. The monoisotopic (exact) mass is 252 g/mol. The molecule has 0 aliphatic heterocycles. The Hall–Kier alpha value is -1.96. The molecule has 88 valence electrons. The lowest BCUT2D eigenvalue weighted by atomic mass is 10.5. The molecule has 0 aromatic carbocycles. The minimum atomic E-state index is -0.525. The van der Waals surface area contributed by atoms with E-state index >= 15 is 0 Å². The average Bonchev–Trinajstić information content (AvgIpc) is 2.75. The van der Waals surface area contributed by atoms with Crippen molar-refractivity contribution in [1.29, 1.82) is 0 Å². The Kier molecular flexibility index (Phi) is 3.33. The lowest BCUT2D eigenvalue weighted by Crippen LogP contribution is -2.04. The van der Waals surface area contributed by atoms with E-state index in [0.29, 0.717) is 16.1 Å². The van der Waals surface area contributed by atoms with Gasteiger partial charge in [-0.25, -0.2) is 14.8 Å². The van der Waals surface area contributed by atoms with Gasteiger partial charge in [-0.2, -0.15) is 0 Å². The van der Waals surface area contributed by atoms with Crippen LogP contribution in [-0.4, -0.2) is 33.2 Å². The third-order valence-corrected chi connectivity index (χ3v) is 2.48. The molecule has 0 atom stereocenters. The van der Waals surface area contributed by atoms with Crippen LogP contribution >= 0.6 is 11.8 Å². The second-order valence-electron chi connectivity index (χ2n) is 2.92. The van der Waals surface area contributed by atoms with Crippen LogP contribution in [0.15, 0.2) is 27.1 Å². The third kappa shape index (κ3) is 2.78. The SMILES string of the molecule is COC(=O)c1cnc(Sc2nnc(C)o2)cn1. The van der Waals surface area contributed by atoms with Gasteiger partial charge in [-0.05, 0) is 11.8 Å². The van der Waals surface area contributed by atoms with Crippen molar-refractivity contribution in [2.45, 2.75) is 17.2 Å². The molecule has 2 aromatic heterocycles. The van der Waals surface area contributed by atoms with Gasteiger partial charge < -0.3 is 9.15 Å². The van der Waals surface area contributed by atoms with Crippen LogP contribution in [0.25, 0.3) is 0 Å². The molecule has 2 rings (SSSR count). The number of aromatic nitrogens is 4. The highest BCUT2D eigenvalue weighted by molar-refractivity contribution is 7.99. The van der Waals surface area contributed by atoms with E-state index in [1.165, 1.54) is 31.3 Å². The summed E-state index contributed by atoms with van der Waals surface area (Å²) in [6, 6.07) is 0. The summed E-state index contributed by atoms with van der Waals surface area (Å²) in [5, 5.41) is 8.42. The second kappa shape index (κ2) is 4.91. The summed E-state index contributed by atoms with van der Waals surface area (Å²) in [4.78, 5) is 19.0. The van der Waals surface area contributed by atoms with Crippen LogP contribution in [-0.2, 0) is 4.74 Å². The number of carbonyl (C=O) groups is 1. The zero-order chi connectivity index (χ0) is 12.3. The molecule has 7 nitrogen and oxygen atoms in total. The van der Waals surface area contributed by atoms with Crippen LogP contribution in [0.5, 0.6) is 0 Å². The summed E-state index contributed by atoms with van der Waals surface area (Å²) in [5.41, 5.74) is 0.151. The van der Waals surface area contributed by atoms with Gasteiger partial charge in [0.25, 0.3) is 5.22 Å². The van der Waals surface area contributed by atoms with Gasteiger partial charge in [0.2, 0.25) is 5.89 Å². The fourth-order valence-corrected chi connectivity index (χ4v) is 1.62. The molecule has 17 heavy (non-hydrogen) atoms. The molecule has 2 aromatic rings. The smallest absolute Gasteiger partial charge is 0.358 e. The molecule has 0 amide bonds. The van der Waals surface area contributed by atoms with Gasteiger partial charge in [0.05, 0.1) is 19.5 Å². The minimum Gasteiger partial charge on any atom is -0.464 e. The zero-order valence-electron chi connectivity index (χ0n) is 9.08. The molecule has 0 fully saturated rings. The van der Waals surface area contributed by atoms with Crippen LogP contribution in [0.1, 0.15) is 16.4 Å². The molecule has 8 heteroatoms. The van der Waals surface area contributed by atoms with E-state index in [2.05, 4.69) is 24.9 Å². The first-order valence-corrected chi connectivity index (χ1v) is 5.39. The van der Waals surface area contributed by atoms with Crippen molar-refractivity contribution in [2.24, 2.45) is 0 Å². The van der Waals surface area contributed by atoms with E-state index in [-0.39, 0.29) is 5.69 Å². The minimum absolute atomic E-state index is 0.151.